The second-order valence-electron chi connectivity index (χ2n) is 9.14. The maximum Gasteiger partial charge on any atom is 0.270 e. The second-order valence-corrected chi connectivity index (χ2v) is 9.14. The number of nitrogens with zero attached hydrogens (tertiary/aromatic N) is 2. The monoisotopic (exact) mass is 499 g/mol. The highest BCUT2D eigenvalue weighted by Crippen LogP contribution is 2.33. The first-order valence-electron chi connectivity index (χ1n) is 12.8. The Morgan fingerprint density at radius 3 is 2.49 bits per heavy atom. The summed E-state index contributed by atoms with van der Waals surface area (Å²) in [6, 6.07) is 22.1. The first kappa shape index (κ1) is 26.1. The second kappa shape index (κ2) is 11.9. The van der Waals surface area contributed by atoms with E-state index in [1.54, 1.807) is 19.2 Å². The minimum Gasteiger partial charge on any atom is -0.496 e. The number of nitrogens with one attached hydrogen (secondary N) is 1. The van der Waals surface area contributed by atoms with Gasteiger partial charge in [0.2, 0.25) is 0 Å². The van der Waals surface area contributed by atoms with Gasteiger partial charge in [0, 0.05) is 23.2 Å². The third-order valence-corrected chi connectivity index (χ3v) is 6.57. The summed E-state index contributed by atoms with van der Waals surface area (Å²) in [6.07, 6.45) is 2.68. The molecule has 1 heterocycles. The van der Waals surface area contributed by atoms with Gasteiger partial charge in [0.05, 0.1) is 13.2 Å². The van der Waals surface area contributed by atoms with E-state index in [0.717, 1.165) is 41.7 Å². The lowest BCUT2D eigenvalue weighted by Gasteiger charge is -2.22. The Labute approximate surface area is 218 Å². The van der Waals surface area contributed by atoms with Crippen molar-refractivity contribution in [2.45, 2.75) is 52.6 Å². The minimum absolute atomic E-state index is 0.265. The van der Waals surface area contributed by atoms with Crippen LogP contribution in [0.25, 0.3) is 22.6 Å². The topological polar surface area (TPSA) is 56.2 Å². The van der Waals surface area contributed by atoms with Crippen LogP contribution in [-0.4, -0.2) is 22.6 Å². The van der Waals surface area contributed by atoms with E-state index in [1.165, 1.54) is 6.07 Å². The van der Waals surface area contributed by atoms with E-state index in [9.17, 15) is 4.79 Å². The number of ether oxygens (including phenoxy) is 1. The summed E-state index contributed by atoms with van der Waals surface area (Å²) in [5.74, 6) is 0.654. The van der Waals surface area contributed by atoms with Gasteiger partial charge < -0.3 is 14.6 Å². The standard InChI is InChI=1S/C31H34FN3O2/c1-5-7-16-26(23-15-11-12-17-27(23)37-4)33-31(36)29-28(24-20-21(3)18-19-25(24)32)34-30(35(29)6-2)22-13-9-8-10-14-22/h8-15,17-20,26H,5-7,16H2,1-4H3,(H,33,36). The number of halogens is 1. The molecule has 0 saturated heterocycles. The Bertz CT molecular complexity index is 1360. The molecule has 6 heteroatoms. The van der Waals surface area contributed by atoms with E-state index < -0.39 is 5.82 Å². The molecule has 0 bridgehead atoms. The van der Waals surface area contributed by atoms with Crippen LogP contribution in [0.2, 0.25) is 0 Å². The van der Waals surface area contributed by atoms with Gasteiger partial charge in [-0.1, -0.05) is 79.9 Å². The van der Waals surface area contributed by atoms with Crippen molar-refractivity contribution in [3.8, 4) is 28.4 Å². The van der Waals surface area contributed by atoms with Crippen molar-refractivity contribution in [1.82, 2.24) is 14.9 Å². The molecule has 0 fully saturated rings. The van der Waals surface area contributed by atoms with Crippen LogP contribution in [-0.2, 0) is 6.54 Å². The normalized spacial score (nSPS) is 11.8. The molecule has 0 radical (unpaired) electrons. The number of para-hydroxylation sites is 1. The number of amides is 1. The molecule has 37 heavy (non-hydrogen) atoms. The van der Waals surface area contributed by atoms with Gasteiger partial charge in [0.15, 0.2) is 0 Å². The van der Waals surface area contributed by atoms with Gasteiger partial charge >= 0.3 is 0 Å². The molecule has 0 aliphatic heterocycles. The molecular formula is C31H34FN3O2. The van der Waals surface area contributed by atoms with Crippen molar-refractivity contribution in [2.75, 3.05) is 7.11 Å². The highest BCUT2D eigenvalue weighted by Gasteiger charge is 2.28. The number of aromatic nitrogens is 2. The van der Waals surface area contributed by atoms with E-state index in [-0.39, 0.29) is 11.9 Å². The van der Waals surface area contributed by atoms with E-state index >= 15 is 4.39 Å². The number of hydrogen-bond acceptors (Lipinski definition) is 3. The number of carbonyl (C=O) groups excluding carboxylic acids is 1. The number of unbranched alkanes of at least 4 members (excludes halogenated alkanes) is 1. The third-order valence-electron chi connectivity index (χ3n) is 6.57. The zero-order valence-corrected chi connectivity index (χ0v) is 21.9. The number of benzene rings is 3. The summed E-state index contributed by atoms with van der Waals surface area (Å²) in [5, 5.41) is 3.24. The molecular weight excluding hydrogens is 465 g/mol. The summed E-state index contributed by atoms with van der Waals surface area (Å²) in [6.45, 7) is 6.50. The highest BCUT2D eigenvalue weighted by atomic mass is 19.1. The molecule has 1 unspecified atom stereocenters. The Morgan fingerprint density at radius 1 is 1.05 bits per heavy atom. The summed E-state index contributed by atoms with van der Waals surface area (Å²) in [5.41, 5.74) is 3.68. The van der Waals surface area contributed by atoms with Crippen molar-refractivity contribution in [3.05, 3.63) is 95.4 Å². The van der Waals surface area contributed by atoms with Crippen LogP contribution < -0.4 is 10.1 Å². The first-order chi connectivity index (χ1) is 18.0. The molecule has 4 rings (SSSR count). The van der Waals surface area contributed by atoms with Gasteiger partial charge in [-0.3, -0.25) is 4.79 Å². The maximum atomic E-state index is 15.1. The van der Waals surface area contributed by atoms with Crippen LogP contribution in [0.15, 0.2) is 72.8 Å². The predicted octanol–water partition coefficient (Wildman–Crippen LogP) is 7.35. The molecule has 1 atom stereocenters. The van der Waals surface area contributed by atoms with Crippen LogP contribution in [0.3, 0.4) is 0 Å². The molecule has 1 N–H and O–H groups in total. The van der Waals surface area contributed by atoms with Crippen molar-refractivity contribution >= 4 is 5.91 Å². The molecule has 4 aromatic rings. The van der Waals surface area contributed by atoms with E-state index in [1.807, 2.05) is 73.0 Å². The zero-order chi connectivity index (χ0) is 26.4. The third kappa shape index (κ3) is 5.58. The molecule has 1 aromatic heterocycles. The van der Waals surface area contributed by atoms with Gasteiger partial charge in [0.25, 0.3) is 5.91 Å². The van der Waals surface area contributed by atoms with Gasteiger partial charge in [-0.2, -0.15) is 0 Å². The van der Waals surface area contributed by atoms with E-state index in [0.29, 0.717) is 29.3 Å². The molecule has 192 valence electrons. The lowest BCUT2D eigenvalue weighted by molar-refractivity contribution is 0.0925. The van der Waals surface area contributed by atoms with Gasteiger partial charge in [0.1, 0.15) is 28.8 Å². The number of hydrogen-bond donors (Lipinski definition) is 1. The number of imidazole rings is 1. The van der Waals surface area contributed by atoms with Crippen LogP contribution in [0.1, 0.15) is 60.8 Å². The molecule has 1 amide bonds. The van der Waals surface area contributed by atoms with Gasteiger partial charge in [-0.15, -0.1) is 0 Å². The number of rotatable bonds is 10. The van der Waals surface area contributed by atoms with Crippen molar-refractivity contribution in [2.24, 2.45) is 0 Å². The Kier molecular flexibility index (Phi) is 8.39. The fourth-order valence-electron chi connectivity index (χ4n) is 4.70. The summed E-state index contributed by atoms with van der Waals surface area (Å²) in [7, 11) is 1.63. The predicted molar refractivity (Wildman–Crippen MR) is 146 cm³/mol. The molecule has 0 aliphatic rings. The highest BCUT2D eigenvalue weighted by molar-refractivity contribution is 6.00. The number of carbonyl (C=O) groups is 1. The van der Waals surface area contributed by atoms with Crippen LogP contribution in [0.5, 0.6) is 5.75 Å². The maximum absolute atomic E-state index is 15.1. The average molecular weight is 500 g/mol. The van der Waals surface area contributed by atoms with Crippen LogP contribution in [0, 0.1) is 12.7 Å². The lowest BCUT2D eigenvalue weighted by Crippen LogP contribution is -2.31. The van der Waals surface area contributed by atoms with Gasteiger partial charge in [-0.25, -0.2) is 9.37 Å². The Balaban J connectivity index is 1.86. The number of methoxy groups -OCH3 is 1. The summed E-state index contributed by atoms with van der Waals surface area (Å²) >= 11 is 0. The zero-order valence-electron chi connectivity index (χ0n) is 21.9. The van der Waals surface area contributed by atoms with Crippen LogP contribution in [0.4, 0.5) is 4.39 Å². The summed E-state index contributed by atoms with van der Waals surface area (Å²) < 4.78 is 22.6. The molecule has 3 aromatic carbocycles. The summed E-state index contributed by atoms with van der Waals surface area (Å²) in [4.78, 5) is 18.9. The molecule has 0 spiro atoms. The average Bonchev–Trinajstić information content (AvgIpc) is 3.32. The van der Waals surface area contributed by atoms with E-state index in [2.05, 4.69) is 12.2 Å². The van der Waals surface area contributed by atoms with Crippen molar-refractivity contribution in [3.63, 3.8) is 0 Å². The van der Waals surface area contributed by atoms with Crippen molar-refractivity contribution in [1.29, 1.82) is 0 Å². The van der Waals surface area contributed by atoms with Crippen molar-refractivity contribution < 1.29 is 13.9 Å². The minimum atomic E-state index is -0.410. The molecule has 0 saturated carbocycles. The fourth-order valence-corrected chi connectivity index (χ4v) is 4.70. The van der Waals surface area contributed by atoms with Gasteiger partial charge in [-0.05, 0) is 38.5 Å². The SMILES string of the molecule is CCCCC(NC(=O)c1c(-c2cc(C)ccc2F)nc(-c2ccccc2)n1CC)c1ccccc1OC. The first-order valence-corrected chi connectivity index (χ1v) is 12.8. The van der Waals surface area contributed by atoms with Crippen LogP contribution >= 0.6 is 0 Å². The Morgan fingerprint density at radius 2 is 1.78 bits per heavy atom. The molecule has 5 nitrogen and oxygen atoms in total. The largest absolute Gasteiger partial charge is 0.496 e. The van der Waals surface area contributed by atoms with E-state index in [4.69, 9.17) is 9.72 Å². The lowest BCUT2D eigenvalue weighted by atomic mass is 9.99. The fraction of sp³-hybridized carbons (Fsp3) is 0.290. The molecule has 0 aliphatic carbocycles. The quantitative estimate of drug-likeness (QED) is 0.248. The number of aryl methyl sites for hydroxylation is 1. The Hall–Kier alpha value is -3.93. The smallest absolute Gasteiger partial charge is 0.270 e.